The van der Waals surface area contributed by atoms with E-state index in [1.807, 2.05) is 0 Å². The van der Waals surface area contributed by atoms with E-state index in [4.69, 9.17) is 4.74 Å². The highest BCUT2D eigenvalue weighted by Gasteiger charge is 2.04. The first-order chi connectivity index (χ1) is 20.2. The number of rotatable bonds is 33. The third kappa shape index (κ3) is 34.8. The Labute approximate surface area is 256 Å². The SMILES string of the molecule is CCCCCCCC/C=C/CCCCCCCC(=O)OCCCNC(=O)CCCCCCCCCCCCCCC. The van der Waals surface area contributed by atoms with Crippen LogP contribution in [0.4, 0.5) is 0 Å². The van der Waals surface area contributed by atoms with Crippen molar-refractivity contribution in [2.24, 2.45) is 0 Å². The second kappa shape index (κ2) is 34.9. The molecule has 0 aliphatic carbocycles. The van der Waals surface area contributed by atoms with Gasteiger partial charge in [-0.1, -0.05) is 154 Å². The van der Waals surface area contributed by atoms with E-state index in [1.165, 1.54) is 141 Å². The number of carbonyl (C=O) groups excluding carboxylic acids is 2. The zero-order valence-electron chi connectivity index (χ0n) is 27.8. The summed E-state index contributed by atoms with van der Waals surface area (Å²) in [6.45, 7) is 5.54. The van der Waals surface area contributed by atoms with Gasteiger partial charge < -0.3 is 10.1 Å². The second-order valence-corrected chi connectivity index (χ2v) is 12.3. The van der Waals surface area contributed by atoms with Crippen LogP contribution in [-0.2, 0) is 14.3 Å². The van der Waals surface area contributed by atoms with Gasteiger partial charge in [-0.15, -0.1) is 0 Å². The number of hydrogen-bond donors (Lipinski definition) is 1. The fourth-order valence-corrected chi connectivity index (χ4v) is 5.29. The van der Waals surface area contributed by atoms with Crippen LogP contribution in [0, 0.1) is 0 Å². The van der Waals surface area contributed by atoms with Gasteiger partial charge in [-0.05, 0) is 44.9 Å². The lowest BCUT2D eigenvalue weighted by Gasteiger charge is -2.07. The Morgan fingerprint density at radius 1 is 0.488 bits per heavy atom. The fraction of sp³-hybridized carbons (Fsp3) is 0.892. The molecule has 0 spiro atoms. The van der Waals surface area contributed by atoms with Crippen molar-refractivity contribution in [3.05, 3.63) is 12.2 Å². The first-order valence-corrected chi connectivity index (χ1v) is 18.3. The molecule has 1 N–H and O–H groups in total. The monoisotopic (exact) mass is 578 g/mol. The topological polar surface area (TPSA) is 55.4 Å². The summed E-state index contributed by atoms with van der Waals surface area (Å²) in [7, 11) is 0. The van der Waals surface area contributed by atoms with E-state index >= 15 is 0 Å². The Balaban J connectivity index is 3.30. The van der Waals surface area contributed by atoms with E-state index in [1.54, 1.807) is 0 Å². The molecule has 0 unspecified atom stereocenters. The van der Waals surface area contributed by atoms with Gasteiger partial charge in [0.2, 0.25) is 5.91 Å². The lowest BCUT2D eigenvalue weighted by Crippen LogP contribution is -2.25. The minimum absolute atomic E-state index is 0.0964. The zero-order valence-corrected chi connectivity index (χ0v) is 27.8. The van der Waals surface area contributed by atoms with Gasteiger partial charge in [0.15, 0.2) is 0 Å². The van der Waals surface area contributed by atoms with Crippen LogP contribution in [0.15, 0.2) is 12.2 Å². The van der Waals surface area contributed by atoms with Crippen LogP contribution in [0.1, 0.15) is 200 Å². The maximum atomic E-state index is 12.0. The molecule has 242 valence electrons. The van der Waals surface area contributed by atoms with Crippen molar-refractivity contribution in [3.63, 3.8) is 0 Å². The molecule has 41 heavy (non-hydrogen) atoms. The molecule has 0 atom stereocenters. The number of hydrogen-bond acceptors (Lipinski definition) is 3. The summed E-state index contributed by atoms with van der Waals surface area (Å²) in [6, 6.07) is 0. The van der Waals surface area contributed by atoms with Crippen LogP contribution in [0.5, 0.6) is 0 Å². The van der Waals surface area contributed by atoms with Crippen LogP contribution in [-0.4, -0.2) is 25.0 Å². The summed E-state index contributed by atoms with van der Waals surface area (Å²) < 4.78 is 5.33. The molecule has 0 aliphatic rings. The van der Waals surface area contributed by atoms with Gasteiger partial charge in [-0.25, -0.2) is 0 Å². The van der Waals surface area contributed by atoms with Crippen LogP contribution in [0.2, 0.25) is 0 Å². The average Bonchev–Trinajstić information content (AvgIpc) is 2.97. The molecule has 4 nitrogen and oxygen atoms in total. The van der Waals surface area contributed by atoms with Crippen LogP contribution in [0.3, 0.4) is 0 Å². The number of allylic oxidation sites excluding steroid dienone is 2. The summed E-state index contributed by atoms with van der Waals surface area (Å²) in [4.78, 5) is 23.9. The molecule has 0 saturated heterocycles. The average molecular weight is 578 g/mol. The van der Waals surface area contributed by atoms with Crippen molar-refractivity contribution >= 4 is 11.9 Å². The van der Waals surface area contributed by atoms with Crippen molar-refractivity contribution in [2.45, 2.75) is 200 Å². The molecular formula is C37H71NO3. The predicted octanol–water partition coefficient (Wildman–Crippen LogP) is 11.6. The lowest BCUT2D eigenvalue weighted by molar-refractivity contribution is -0.143. The van der Waals surface area contributed by atoms with Gasteiger partial charge in [0.1, 0.15) is 0 Å². The Morgan fingerprint density at radius 3 is 1.34 bits per heavy atom. The van der Waals surface area contributed by atoms with Crippen molar-refractivity contribution < 1.29 is 14.3 Å². The highest BCUT2D eigenvalue weighted by molar-refractivity contribution is 5.75. The predicted molar refractivity (Wildman–Crippen MR) is 178 cm³/mol. The normalized spacial score (nSPS) is 11.4. The first kappa shape index (κ1) is 39.7. The molecule has 0 aromatic carbocycles. The number of nitrogens with one attached hydrogen (secondary N) is 1. The number of amides is 1. The lowest BCUT2D eigenvalue weighted by atomic mass is 10.0. The maximum absolute atomic E-state index is 12.0. The third-order valence-electron chi connectivity index (χ3n) is 8.06. The number of ether oxygens (including phenoxy) is 1. The smallest absolute Gasteiger partial charge is 0.305 e. The molecule has 4 heteroatoms. The highest BCUT2D eigenvalue weighted by Crippen LogP contribution is 2.13. The molecular weight excluding hydrogens is 506 g/mol. The third-order valence-corrected chi connectivity index (χ3v) is 8.06. The Kier molecular flexibility index (Phi) is 33.8. The maximum Gasteiger partial charge on any atom is 0.305 e. The van der Waals surface area contributed by atoms with E-state index in [0.717, 1.165) is 25.7 Å². The van der Waals surface area contributed by atoms with Gasteiger partial charge in [-0.3, -0.25) is 9.59 Å². The molecule has 0 fully saturated rings. The second-order valence-electron chi connectivity index (χ2n) is 12.3. The van der Waals surface area contributed by atoms with Gasteiger partial charge in [-0.2, -0.15) is 0 Å². The van der Waals surface area contributed by atoms with Crippen LogP contribution in [0.25, 0.3) is 0 Å². The minimum Gasteiger partial charge on any atom is -0.466 e. The van der Waals surface area contributed by atoms with Gasteiger partial charge in [0.25, 0.3) is 0 Å². The number of unbranched alkanes of at least 4 members (excludes halogenated alkanes) is 23. The molecule has 0 heterocycles. The summed E-state index contributed by atoms with van der Waals surface area (Å²) in [5.74, 6) is 0.0358. The van der Waals surface area contributed by atoms with Crippen molar-refractivity contribution in [2.75, 3.05) is 13.2 Å². The Morgan fingerprint density at radius 2 is 0.878 bits per heavy atom. The van der Waals surface area contributed by atoms with Gasteiger partial charge >= 0.3 is 5.97 Å². The van der Waals surface area contributed by atoms with E-state index < -0.39 is 0 Å². The van der Waals surface area contributed by atoms with Gasteiger partial charge in [0.05, 0.1) is 6.61 Å². The number of esters is 1. The van der Waals surface area contributed by atoms with Crippen molar-refractivity contribution in [1.82, 2.24) is 5.32 Å². The standard InChI is InChI=1S/C37H71NO3/c1-3-5-7-9-11-13-15-17-18-20-22-24-26-28-30-33-37(40)41-35-31-34-38-36(39)32-29-27-25-23-21-19-16-14-12-10-8-6-4-2/h17-18H,3-16,19-35H2,1-2H3,(H,38,39)/b18-17+. The van der Waals surface area contributed by atoms with Crippen molar-refractivity contribution in [1.29, 1.82) is 0 Å². The fourth-order valence-electron chi connectivity index (χ4n) is 5.29. The molecule has 0 saturated carbocycles. The largest absolute Gasteiger partial charge is 0.466 e. The Hall–Kier alpha value is -1.32. The number of carbonyl (C=O) groups is 2. The van der Waals surface area contributed by atoms with Crippen LogP contribution < -0.4 is 5.32 Å². The first-order valence-electron chi connectivity index (χ1n) is 18.3. The zero-order chi connectivity index (χ0) is 29.9. The van der Waals surface area contributed by atoms with E-state index in [9.17, 15) is 9.59 Å². The van der Waals surface area contributed by atoms with E-state index in [-0.39, 0.29) is 11.9 Å². The Bertz CT molecular complexity index is 575. The van der Waals surface area contributed by atoms with E-state index in [2.05, 4.69) is 31.3 Å². The molecule has 0 aromatic heterocycles. The summed E-state index contributed by atoms with van der Waals surface area (Å²) in [5.41, 5.74) is 0. The highest BCUT2D eigenvalue weighted by atomic mass is 16.5. The molecule has 1 amide bonds. The molecule has 0 radical (unpaired) electrons. The summed E-state index contributed by atoms with van der Waals surface area (Å²) >= 11 is 0. The molecule has 0 rings (SSSR count). The summed E-state index contributed by atoms with van der Waals surface area (Å²) in [5, 5.41) is 2.96. The van der Waals surface area contributed by atoms with Crippen molar-refractivity contribution in [3.8, 4) is 0 Å². The van der Waals surface area contributed by atoms with E-state index in [0.29, 0.717) is 32.4 Å². The summed E-state index contributed by atoms with van der Waals surface area (Å²) in [6.07, 6.45) is 40.1. The van der Waals surface area contributed by atoms with Gasteiger partial charge in [0, 0.05) is 19.4 Å². The van der Waals surface area contributed by atoms with Crippen LogP contribution >= 0.6 is 0 Å². The quantitative estimate of drug-likeness (QED) is 0.0479. The molecule has 0 aliphatic heterocycles. The molecule has 0 aromatic rings. The molecule has 0 bridgehead atoms. The minimum atomic E-state index is -0.0964.